The van der Waals surface area contributed by atoms with Crippen molar-refractivity contribution in [3.63, 3.8) is 0 Å². The third kappa shape index (κ3) is 4.57. The minimum absolute atomic E-state index is 0.322. The molecule has 0 aliphatic heterocycles. The highest BCUT2D eigenvalue weighted by Gasteiger charge is 2.14. The summed E-state index contributed by atoms with van der Waals surface area (Å²) in [6, 6.07) is 1.97. The number of aromatic nitrogens is 2. The van der Waals surface area contributed by atoms with Crippen LogP contribution in [0, 0.1) is 17.2 Å². The molecule has 6 heteroatoms. The van der Waals surface area contributed by atoms with Crippen molar-refractivity contribution in [2.24, 2.45) is 13.0 Å². The van der Waals surface area contributed by atoms with Gasteiger partial charge in [-0.1, -0.05) is 33.1 Å². The first-order chi connectivity index (χ1) is 9.62. The fourth-order valence-corrected chi connectivity index (χ4v) is 1.89. The van der Waals surface area contributed by atoms with E-state index < -0.39 is 6.09 Å². The first kappa shape index (κ1) is 16.0. The molecule has 110 valence electrons. The van der Waals surface area contributed by atoms with Crippen LogP contribution in [0.5, 0.6) is 0 Å². The van der Waals surface area contributed by atoms with Crippen molar-refractivity contribution in [1.29, 1.82) is 5.26 Å². The molecular formula is C14H22N4O2. The summed E-state index contributed by atoms with van der Waals surface area (Å²) in [5.74, 6) is 0.752. The van der Waals surface area contributed by atoms with Gasteiger partial charge in [0, 0.05) is 7.05 Å². The highest BCUT2D eigenvalue weighted by Crippen LogP contribution is 2.15. The molecule has 0 aromatic carbocycles. The van der Waals surface area contributed by atoms with Crippen molar-refractivity contribution in [3.8, 4) is 6.07 Å². The first-order valence-corrected chi connectivity index (χ1v) is 6.98. The monoisotopic (exact) mass is 278 g/mol. The van der Waals surface area contributed by atoms with E-state index in [9.17, 15) is 4.79 Å². The van der Waals surface area contributed by atoms with Crippen LogP contribution in [0.3, 0.4) is 0 Å². The quantitative estimate of drug-likeness (QED) is 0.831. The Balaban J connectivity index is 2.47. The molecule has 1 aromatic rings. The van der Waals surface area contributed by atoms with Gasteiger partial charge in [-0.25, -0.2) is 4.79 Å². The van der Waals surface area contributed by atoms with Gasteiger partial charge in [0.2, 0.25) is 0 Å². The van der Waals surface area contributed by atoms with Crippen LogP contribution < -0.4 is 5.32 Å². The number of carbonyl (C=O) groups excluding carboxylic acids is 1. The van der Waals surface area contributed by atoms with Crippen LogP contribution in [0.15, 0.2) is 6.20 Å². The standard InChI is InChI=1S/C14H22N4O2/c1-4-6-7-11(5-2)10-20-14(19)17-13-12(8-15)9-16-18(13)3/h9,11H,4-7,10H2,1-3H3,(H,17,19). The first-order valence-electron chi connectivity index (χ1n) is 6.98. The molecular weight excluding hydrogens is 256 g/mol. The summed E-state index contributed by atoms with van der Waals surface area (Å²) in [6.07, 6.45) is 5.21. The second-order valence-corrected chi connectivity index (χ2v) is 4.78. The molecule has 1 amide bonds. The molecule has 1 rings (SSSR count). The molecule has 0 aliphatic carbocycles. The van der Waals surface area contributed by atoms with E-state index in [1.54, 1.807) is 7.05 Å². The fraction of sp³-hybridized carbons (Fsp3) is 0.643. The molecule has 1 heterocycles. The number of nitrogens with zero attached hydrogens (tertiary/aromatic N) is 3. The van der Waals surface area contributed by atoms with Crippen molar-refractivity contribution >= 4 is 11.9 Å². The molecule has 1 atom stereocenters. The van der Waals surface area contributed by atoms with Crippen LogP contribution in [0.4, 0.5) is 10.6 Å². The third-order valence-corrected chi connectivity index (χ3v) is 3.27. The van der Waals surface area contributed by atoms with Gasteiger partial charge in [0.25, 0.3) is 0 Å². The molecule has 1 unspecified atom stereocenters. The van der Waals surface area contributed by atoms with E-state index in [0.29, 0.717) is 23.9 Å². The number of ether oxygens (including phenoxy) is 1. The number of unbranched alkanes of at least 4 members (excludes halogenated alkanes) is 1. The molecule has 0 saturated carbocycles. The van der Waals surface area contributed by atoms with Crippen molar-refractivity contribution in [2.75, 3.05) is 11.9 Å². The Kier molecular flexibility index (Phi) is 6.57. The largest absolute Gasteiger partial charge is 0.449 e. The SMILES string of the molecule is CCCCC(CC)COC(=O)Nc1c(C#N)cnn1C. The van der Waals surface area contributed by atoms with E-state index in [-0.39, 0.29) is 0 Å². The summed E-state index contributed by atoms with van der Waals surface area (Å²) in [7, 11) is 1.66. The number of amides is 1. The molecule has 0 radical (unpaired) electrons. The van der Waals surface area contributed by atoms with Crippen molar-refractivity contribution < 1.29 is 9.53 Å². The average molecular weight is 278 g/mol. The Hall–Kier alpha value is -2.03. The van der Waals surface area contributed by atoms with Gasteiger partial charge in [-0.3, -0.25) is 10.00 Å². The number of nitriles is 1. The second kappa shape index (κ2) is 8.20. The lowest BCUT2D eigenvalue weighted by atomic mass is 10.0. The summed E-state index contributed by atoms with van der Waals surface area (Å²) in [5.41, 5.74) is 0.322. The molecule has 1 N–H and O–H groups in total. The number of hydrogen-bond acceptors (Lipinski definition) is 4. The van der Waals surface area contributed by atoms with Gasteiger partial charge in [0.05, 0.1) is 12.8 Å². The van der Waals surface area contributed by atoms with Gasteiger partial charge >= 0.3 is 6.09 Å². The van der Waals surface area contributed by atoms with E-state index >= 15 is 0 Å². The lowest BCUT2D eigenvalue weighted by molar-refractivity contribution is 0.136. The van der Waals surface area contributed by atoms with E-state index in [2.05, 4.69) is 24.3 Å². The van der Waals surface area contributed by atoms with Gasteiger partial charge in [-0.15, -0.1) is 0 Å². The van der Waals surface area contributed by atoms with Crippen molar-refractivity contribution in [3.05, 3.63) is 11.8 Å². The number of anilines is 1. The number of aryl methyl sites for hydroxylation is 1. The number of carbonyl (C=O) groups is 1. The maximum atomic E-state index is 11.7. The summed E-state index contributed by atoms with van der Waals surface area (Å²) in [5, 5.41) is 15.4. The summed E-state index contributed by atoms with van der Waals surface area (Å²) in [4.78, 5) is 11.7. The summed E-state index contributed by atoms with van der Waals surface area (Å²) in [6.45, 7) is 4.64. The number of nitrogens with one attached hydrogen (secondary N) is 1. The fourth-order valence-electron chi connectivity index (χ4n) is 1.89. The minimum Gasteiger partial charge on any atom is -0.449 e. The summed E-state index contributed by atoms with van der Waals surface area (Å²) >= 11 is 0. The molecule has 0 saturated heterocycles. The van der Waals surface area contributed by atoms with Gasteiger partial charge in [0.1, 0.15) is 11.6 Å². The number of rotatable bonds is 7. The van der Waals surface area contributed by atoms with Crippen molar-refractivity contribution in [2.45, 2.75) is 39.5 Å². The zero-order chi connectivity index (χ0) is 15.0. The van der Waals surface area contributed by atoms with Crippen LogP contribution in [0.1, 0.15) is 45.1 Å². The second-order valence-electron chi connectivity index (χ2n) is 4.78. The third-order valence-electron chi connectivity index (χ3n) is 3.27. The van der Waals surface area contributed by atoms with Crippen LogP contribution in [0.2, 0.25) is 0 Å². The molecule has 6 nitrogen and oxygen atoms in total. The van der Waals surface area contributed by atoms with Crippen molar-refractivity contribution in [1.82, 2.24) is 9.78 Å². The zero-order valence-corrected chi connectivity index (χ0v) is 12.3. The lowest BCUT2D eigenvalue weighted by Crippen LogP contribution is -2.20. The smallest absolute Gasteiger partial charge is 0.412 e. The molecule has 0 spiro atoms. The van der Waals surface area contributed by atoms with Crippen LogP contribution in [0.25, 0.3) is 0 Å². The Morgan fingerprint density at radius 1 is 1.60 bits per heavy atom. The van der Waals surface area contributed by atoms with Crippen LogP contribution >= 0.6 is 0 Å². The van der Waals surface area contributed by atoms with Gasteiger partial charge in [-0.05, 0) is 12.3 Å². The maximum Gasteiger partial charge on any atom is 0.412 e. The highest BCUT2D eigenvalue weighted by atomic mass is 16.5. The predicted molar refractivity (Wildman–Crippen MR) is 76.2 cm³/mol. The molecule has 0 fully saturated rings. The number of hydrogen-bond donors (Lipinski definition) is 1. The van der Waals surface area contributed by atoms with Gasteiger partial charge in [0.15, 0.2) is 5.82 Å². The summed E-state index contributed by atoms with van der Waals surface area (Å²) < 4.78 is 6.66. The Morgan fingerprint density at radius 3 is 2.95 bits per heavy atom. The highest BCUT2D eigenvalue weighted by molar-refractivity contribution is 5.85. The minimum atomic E-state index is -0.542. The van der Waals surface area contributed by atoms with E-state index in [4.69, 9.17) is 10.00 Å². The average Bonchev–Trinajstić information content (AvgIpc) is 2.80. The van der Waals surface area contributed by atoms with Crippen LogP contribution in [-0.2, 0) is 11.8 Å². The van der Waals surface area contributed by atoms with E-state index in [1.807, 2.05) is 6.07 Å². The lowest BCUT2D eigenvalue weighted by Gasteiger charge is -2.15. The topological polar surface area (TPSA) is 79.9 Å². The zero-order valence-electron chi connectivity index (χ0n) is 12.3. The van der Waals surface area contributed by atoms with Gasteiger partial charge < -0.3 is 4.74 Å². The Labute approximate surface area is 119 Å². The van der Waals surface area contributed by atoms with Gasteiger partial charge in [-0.2, -0.15) is 10.4 Å². The molecule has 0 bridgehead atoms. The van der Waals surface area contributed by atoms with E-state index in [1.165, 1.54) is 10.9 Å². The molecule has 20 heavy (non-hydrogen) atoms. The molecule has 0 aliphatic rings. The Bertz CT molecular complexity index is 476. The van der Waals surface area contributed by atoms with E-state index in [0.717, 1.165) is 25.7 Å². The Morgan fingerprint density at radius 2 is 2.35 bits per heavy atom. The normalized spacial score (nSPS) is 11.7. The molecule has 1 aromatic heterocycles. The van der Waals surface area contributed by atoms with Crippen LogP contribution in [-0.4, -0.2) is 22.5 Å². The maximum absolute atomic E-state index is 11.7. The predicted octanol–water partition coefficient (Wildman–Crippen LogP) is 3.06.